The second kappa shape index (κ2) is 6.45. The first-order valence-electron chi connectivity index (χ1n) is 7.43. The van der Waals surface area contributed by atoms with Gasteiger partial charge in [0.1, 0.15) is 5.75 Å². The fourth-order valence-corrected chi connectivity index (χ4v) is 3.43. The molecule has 0 saturated carbocycles. The van der Waals surface area contributed by atoms with Crippen molar-refractivity contribution in [3.63, 3.8) is 0 Å². The van der Waals surface area contributed by atoms with E-state index in [1.807, 2.05) is 25.1 Å². The SMILES string of the molecule is C=CCN1C(=O)COc2ccc(-c3nc(NC(C)=O)sc3C)cc21. The van der Waals surface area contributed by atoms with Crippen molar-refractivity contribution < 1.29 is 14.3 Å². The molecule has 0 bridgehead atoms. The van der Waals surface area contributed by atoms with Gasteiger partial charge in [-0.1, -0.05) is 6.08 Å². The maximum atomic E-state index is 12.1. The van der Waals surface area contributed by atoms with Gasteiger partial charge in [-0.3, -0.25) is 9.59 Å². The number of amides is 2. The standard InChI is InChI=1S/C17H17N3O3S/c1-4-7-20-13-8-12(5-6-14(13)23-9-15(20)22)16-10(2)24-17(19-16)18-11(3)21/h4-6,8H,1,7,9H2,2-3H3,(H,18,19,21). The van der Waals surface area contributed by atoms with Crippen LogP contribution in [0.1, 0.15) is 11.8 Å². The number of aryl methyl sites for hydroxylation is 1. The monoisotopic (exact) mass is 343 g/mol. The molecule has 1 aliphatic rings. The summed E-state index contributed by atoms with van der Waals surface area (Å²) in [4.78, 5) is 30.4. The Morgan fingerprint density at radius 3 is 3.04 bits per heavy atom. The third-order valence-electron chi connectivity index (χ3n) is 3.57. The van der Waals surface area contributed by atoms with Gasteiger partial charge in [0.2, 0.25) is 5.91 Å². The van der Waals surface area contributed by atoms with E-state index in [9.17, 15) is 9.59 Å². The van der Waals surface area contributed by atoms with Gasteiger partial charge in [-0.2, -0.15) is 0 Å². The van der Waals surface area contributed by atoms with Crippen LogP contribution in [0.15, 0.2) is 30.9 Å². The summed E-state index contributed by atoms with van der Waals surface area (Å²) in [5.74, 6) is 0.403. The highest BCUT2D eigenvalue weighted by molar-refractivity contribution is 7.16. The summed E-state index contributed by atoms with van der Waals surface area (Å²) in [6.07, 6.45) is 1.68. The summed E-state index contributed by atoms with van der Waals surface area (Å²) in [7, 11) is 0. The number of fused-ring (bicyclic) bond motifs is 1. The van der Waals surface area contributed by atoms with Gasteiger partial charge in [0.25, 0.3) is 5.91 Å². The predicted molar refractivity (Wildman–Crippen MR) is 94.6 cm³/mol. The lowest BCUT2D eigenvalue weighted by molar-refractivity contribution is -0.121. The smallest absolute Gasteiger partial charge is 0.265 e. The predicted octanol–water partition coefficient (Wildman–Crippen LogP) is 2.99. The number of hydrogen-bond acceptors (Lipinski definition) is 5. The Morgan fingerprint density at radius 2 is 2.33 bits per heavy atom. The molecule has 6 nitrogen and oxygen atoms in total. The summed E-state index contributed by atoms with van der Waals surface area (Å²) in [5, 5.41) is 3.26. The van der Waals surface area contributed by atoms with E-state index in [1.165, 1.54) is 18.3 Å². The van der Waals surface area contributed by atoms with Crippen LogP contribution >= 0.6 is 11.3 Å². The molecule has 3 rings (SSSR count). The number of nitrogens with one attached hydrogen (secondary N) is 1. The van der Waals surface area contributed by atoms with E-state index in [1.54, 1.807) is 11.0 Å². The zero-order valence-electron chi connectivity index (χ0n) is 13.5. The quantitative estimate of drug-likeness (QED) is 0.866. The molecule has 124 valence electrons. The molecule has 2 amide bonds. The normalized spacial score (nSPS) is 13.2. The number of aromatic nitrogens is 1. The van der Waals surface area contributed by atoms with Crippen molar-refractivity contribution in [1.29, 1.82) is 0 Å². The highest BCUT2D eigenvalue weighted by Gasteiger charge is 2.25. The number of anilines is 2. The first kappa shape index (κ1) is 16.2. The minimum absolute atomic E-state index is 0.0304. The highest BCUT2D eigenvalue weighted by atomic mass is 32.1. The minimum atomic E-state index is -0.156. The van der Waals surface area contributed by atoms with Gasteiger partial charge >= 0.3 is 0 Å². The Balaban J connectivity index is 2.02. The van der Waals surface area contributed by atoms with Crippen LogP contribution in [0, 0.1) is 6.92 Å². The molecule has 0 unspecified atom stereocenters. The molecule has 1 N–H and O–H groups in total. The summed E-state index contributed by atoms with van der Waals surface area (Å²) >= 11 is 1.42. The van der Waals surface area contributed by atoms with Crippen molar-refractivity contribution in [3.8, 4) is 17.0 Å². The van der Waals surface area contributed by atoms with Crippen LogP contribution in [-0.4, -0.2) is 29.9 Å². The highest BCUT2D eigenvalue weighted by Crippen LogP contribution is 2.38. The molecule has 24 heavy (non-hydrogen) atoms. The van der Waals surface area contributed by atoms with E-state index in [2.05, 4.69) is 16.9 Å². The zero-order chi connectivity index (χ0) is 17.3. The fraction of sp³-hybridized carbons (Fsp3) is 0.235. The molecule has 2 aromatic rings. The summed E-state index contributed by atoms with van der Waals surface area (Å²) in [6.45, 7) is 7.55. The Bertz CT molecular complexity index is 828. The zero-order valence-corrected chi connectivity index (χ0v) is 14.3. The average molecular weight is 343 g/mol. The lowest BCUT2D eigenvalue weighted by atomic mass is 10.1. The van der Waals surface area contributed by atoms with E-state index < -0.39 is 0 Å². The second-order valence-electron chi connectivity index (χ2n) is 5.37. The van der Waals surface area contributed by atoms with Gasteiger partial charge in [-0.25, -0.2) is 4.98 Å². The lowest BCUT2D eigenvalue weighted by Crippen LogP contribution is -2.38. The van der Waals surface area contributed by atoms with Crippen molar-refractivity contribution in [2.24, 2.45) is 0 Å². The van der Waals surface area contributed by atoms with Gasteiger partial charge in [0.15, 0.2) is 11.7 Å². The third kappa shape index (κ3) is 3.03. The number of carbonyl (C=O) groups is 2. The van der Waals surface area contributed by atoms with Gasteiger partial charge in [0.05, 0.1) is 11.4 Å². The molecule has 1 aromatic carbocycles. The van der Waals surface area contributed by atoms with Crippen molar-refractivity contribution in [2.45, 2.75) is 13.8 Å². The van der Waals surface area contributed by atoms with Gasteiger partial charge in [0, 0.05) is 23.9 Å². The van der Waals surface area contributed by atoms with Crippen LogP contribution in [0.4, 0.5) is 10.8 Å². The number of rotatable bonds is 4. The van der Waals surface area contributed by atoms with Crippen LogP contribution in [0.2, 0.25) is 0 Å². The Labute approximate surface area is 143 Å². The van der Waals surface area contributed by atoms with Crippen molar-refractivity contribution in [3.05, 3.63) is 35.7 Å². The van der Waals surface area contributed by atoms with E-state index in [-0.39, 0.29) is 18.4 Å². The van der Waals surface area contributed by atoms with Crippen LogP contribution in [-0.2, 0) is 9.59 Å². The Morgan fingerprint density at radius 1 is 1.54 bits per heavy atom. The molecule has 0 aliphatic carbocycles. The molecule has 0 saturated heterocycles. The van der Waals surface area contributed by atoms with Crippen molar-refractivity contribution >= 4 is 34.0 Å². The molecular weight excluding hydrogens is 326 g/mol. The first-order chi connectivity index (χ1) is 11.5. The van der Waals surface area contributed by atoms with E-state index in [0.717, 1.165) is 16.1 Å². The van der Waals surface area contributed by atoms with E-state index in [0.29, 0.717) is 23.1 Å². The van der Waals surface area contributed by atoms with Crippen molar-refractivity contribution in [2.75, 3.05) is 23.4 Å². The molecule has 0 fully saturated rings. The van der Waals surface area contributed by atoms with Crippen LogP contribution in [0.25, 0.3) is 11.3 Å². The molecule has 1 aromatic heterocycles. The number of ether oxygens (including phenoxy) is 1. The summed E-state index contributed by atoms with van der Waals surface area (Å²) < 4.78 is 5.49. The third-order valence-corrected chi connectivity index (χ3v) is 4.45. The Kier molecular flexibility index (Phi) is 4.35. The maximum absolute atomic E-state index is 12.1. The molecule has 0 radical (unpaired) electrons. The van der Waals surface area contributed by atoms with Crippen LogP contribution in [0.3, 0.4) is 0 Å². The average Bonchev–Trinajstić information content (AvgIpc) is 2.89. The van der Waals surface area contributed by atoms with Crippen LogP contribution < -0.4 is 15.0 Å². The van der Waals surface area contributed by atoms with Gasteiger partial charge in [-0.15, -0.1) is 17.9 Å². The number of hydrogen-bond donors (Lipinski definition) is 1. The Hall–Kier alpha value is -2.67. The lowest BCUT2D eigenvalue weighted by Gasteiger charge is -2.28. The van der Waals surface area contributed by atoms with E-state index >= 15 is 0 Å². The number of nitrogens with zero attached hydrogens (tertiary/aromatic N) is 2. The van der Waals surface area contributed by atoms with Gasteiger partial charge < -0.3 is 15.0 Å². The van der Waals surface area contributed by atoms with Crippen LogP contribution in [0.5, 0.6) is 5.75 Å². The number of carbonyl (C=O) groups excluding carboxylic acids is 2. The molecule has 0 atom stereocenters. The van der Waals surface area contributed by atoms with Crippen molar-refractivity contribution in [1.82, 2.24) is 4.98 Å². The van der Waals surface area contributed by atoms with Gasteiger partial charge in [-0.05, 0) is 25.1 Å². The maximum Gasteiger partial charge on any atom is 0.265 e. The molecule has 0 spiro atoms. The van der Waals surface area contributed by atoms with E-state index in [4.69, 9.17) is 4.74 Å². The summed E-state index contributed by atoms with van der Waals surface area (Å²) in [5.41, 5.74) is 2.35. The molecule has 2 heterocycles. The molecule has 1 aliphatic heterocycles. The second-order valence-corrected chi connectivity index (χ2v) is 6.57. The minimum Gasteiger partial charge on any atom is -0.482 e. The fourth-order valence-electron chi connectivity index (χ4n) is 2.55. The molecular formula is C17H17N3O3S. The topological polar surface area (TPSA) is 71.5 Å². The molecule has 7 heteroatoms. The largest absolute Gasteiger partial charge is 0.482 e. The number of thiazole rings is 1. The summed E-state index contributed by atoms with van der Waals surface area (Å²) in [6, 6.07) is 5.62. The first-order valence-corrected chi connectivity index (χ1v) is 8.24. The number of benzene rings is 1.